The Balaban J connectivity index is 1.74. The molecule has 2 aromatic carbocycles. The van der Waals surface area contributed by atoms with E-state index in [0.717, 1.165) is 18.4 Å². The van der Waals surface area contributed by atoms with Gasteiger partial charge in [-0.15, -0.1) is 0 Å². The summed E-state index contributed by atoms with van der Waals surface area (Å²) in [6.07, 6.45) is 1.98. The molecule has 0 bridgehead atoms. The molecular formula is C22H28N2O4S. The molecule has 1 unspecified atom stereocenters. The molecular weight excluding hydrogens is 388 g/mol. The average Bonchev–Trinajstić information content (AvgIpc) is 2.73. The Labute approximate surface area is 173 Å². The number of hydrogen-bond acceptors (Lipinski definition) is 4. The van der Waals surface area contributed by atoms with Crippen molar-refractivity contribution in [1.29, 1.82) is 0 Å². The Morgan fingerprint density at radius 1 is 1.14 bits per heavy atom. The molecule has 7 heteroatoms. The minimum Gasteiger partial charge on any atom is -0.377 e. The zero-order chi connectivity index (χ0) is 21.0. The number of anilines is 1. The maximum atomic E-state index is 12.8. The molecule has 6 nitrogen and oxygen atoms in total. The third-order valence-electron chi connectivity index (χ3n) is 5.22. The molecule has 1 aliphatic rings. The number of benzene rings is 2. The van der Waals surface area contributed by atoms with Crippen molar-refractivity contribution < 1.29 is 17.9 Å². The van der Waals surface area contributed by atoms with E-state index in [1.807, 2.05) is 18.7 Å². The lowest BCUT2D eigenvalue weighted by molar-refractivity contribution is 0.00724. The van der Waals surface area contributed by atoms with Gasteiger partial charge in [0.1, 0.15) is 0 Å². The van der Waals surface area contributed by atoms with Crippen LogP contribution in [0.4, 0.5) is 5.69 Å². The van der Waals surface area contributed by atoms with Crippen molar-refractivity contribution in [3.8, 4) is 0 Å². The van der Waals surface area contributed by atoms with E-state index in [9.17, 15) is 13.2 Å². The van der Waals surface area contributed by atoms with Gasteiger partial charge in [0.15, 0.2) is 0 Å². The van der Waals surface area contributed by atoms with Crippen LogP contribution in [0.25, 0.3) is 0 Å². The first-order valence-corrected chi connectivity index (χ1v) is 11.3. The monoisotopic (exact) mass is 416 g/mol. The van der Waals surface area contributed by atoms with Crippen molar-refractivity contribution in [3.63, 3.8) is 0 Å². The molecule has 3 rings (SSSR count). The highest BCUT2D eigenvalue weighted by atomic mass is 32.2. The first-order chi connectivity index (χ1) is 13.8. The van der Waals surface area contributed by atoms with Crippen molar-refractivity contribution in [2.24, 2.45) is 0 Å². The lowest BCUT2D eigenvalue weighted by atomic mass is 10.1. The number of nitrogens with zero attached hydrogens (tertiary/aromatic N) is 2. The number of carbonyl (C=O) groups excluding carboxylic acids is 1. The van der Waals surface area contributed by atoms with Crippen molar-refractivity contribution in [1.82, 2.24) is 4.90 Å². The number of likely N-dealkylation sites (tertiary alicyclic amines) is 1. The van der Waals surface area contributed by atoms with E-state index in [1.165, 1.54) is 11.4 Å². The van der Waals surface area contributed by atoms with Gasteiger partial charge in [0.05, 0.1) is 16.7 Å². The number of sulfonamides is 1. The van der Waals surface area contributed by atoms with E-state index < -0.39 is 10.0 Å². The van der Waals surface area contributed by atoms with Gasteiger partial charge in [-0.3, -0.25) is 9.10 Å². The van der Waals surface area contributed by atoms with E-state index >= 15 is 0 Å². The van der Waals surface area contributed by atoms with Crippen molar-refractivity contribution in [2.45, 2.75) is 37.7 Å². The second-order valence-corrected chi connectivity index (χ2v) is 9.27. The van der Waals surface area contributed by atoms with E-state index in [-0.39, 0.29) is 16.9 Å². The molecule has 0 aliphatic carbocycles. The van der Waals surface area contributed by atoms with Crippen LogP contribution < -0.4 is 4.31 Å². The van der Waals surface area contributed by atoms with Crippen molar-refractivity contribution >= 4 is 21.6 Å². The molecule has 0 N–H and O–H groups in total. The molecule has 0 spiro atoms. The van der Waals surface area contributed by atoms with Gasteiger partial charge in [-0.1, -0.05) is 17.7 Å². The Kier molecular flexibility index (Phi) is 6.59. The Morgan fingerprint density at radius 2 is 1.79 bits per heavy atom. The third-order valence-corrected chi connectivity index (χ3v) is 7.02. The third kappa shape index (κ3) is 4.79. The molecule has 29 heavy (non-hydrogen) atoms. The quantitative estimate of drug-likeness (QED) is 0.723. The number of ether oxygens (including phenoxy) is 1. The topological polar surface area (TPSA) is 66.9 Å². The van der Waals surface area contributed by atoms with Crippen LogP contribution in [0.3, 0.4) is 0 Å². The zero-order valence-corrected chi connectivity index (χ0v) is 18.0. The summed E-state index contributed by atoms with van der Waals surface area (Å²) in [6.45, 7) is 5.82. The van der Waals surface area contributed by atoms with Crippen LogP contribution in [0.15, 0.2) is 53.4 Å². The lowest BCUT2D eigenvalue weighted by Gasteiger charge is -2.32. The van der Waals surface area contributed by atoms with Crippen molar-refractivity contribution in [2.75, 3.05) is 31.0 Å². The van der Waals surface area contributed by atoms with Gasteiger partial charge in [-0.25, -0.2) is 8.42 Å². The predicted molar refractivity (Wildman–Crippen MR) is 114 cm³/mol. The molecule has 1 aliphatic heterocycles. The Hall–Kier alpha value is -2.38. The minimum atomic E-state index is -3.65. The van der Waals surface area contributed by atoms with Gasteiger partial charge in [0, 0.05) is 32.3 Å². The predicted octanol–water partition coefficient (Wildman–Crippen LogP) is 3.46. The fourth-order valence-corrected chi connectivity index (χ4v) is 4.69. The summed E-state index contributed by atoms with van der Waals surface area (Å²) in [7, 11) is -2.14. The summed E-state index contributed by atoms with van der Waals surface area (Å²) < 4.78 is 32.6. The highest BCUT2D eigenvalue weighted by molar-refractivity contribution is 7.92. The van der Waals surface area contributed by atoms with Gasteiger partial charge in [-0.05, 0) is 63.1 Å². The molecule has 2 aromatic rings. The maximum Gasteiger partial charge on any atom is 0.264 e. The number of hydrogen-bond donors (Lipinski definition) is 0. The van der Waals surface area contributed by atoms with Gasteiger partial charge < -0.3 is 9.64 Å². The van der Waals surface area contributed by atoms with Gasteiger partial charge >= 0.3 is 0 Å². The molecule has 0 aromatic heterocycles. The van der Waals surface area contributed by atoms with Crippen LogP contribution in [0.2, 0.25) is 0 Å². The van der Waals surface area contributed by atoms with Gasteiger partial charge in [0.25, 0.3) is 15.9 Å². The van der Waals surface area contributed by atoms with Gasteiger partial charge in [0.2, 0.25) is 0 Å². The standard InChI is InChI=1S/C22H28N2O4S/c1-4-28-20-6-5-15-24(16-20)22(25)18-9-11-19(12-10-18)23(3)29(26,27)21-13-7-17(2)8-14-21/h7-14,20H,4-6,15-16H2,1-3H3. The number of amides is 1. The first kappa shape index (κ1) is 21.3. The SMILES string of the molecule is CCOC1CCCN(C(=O)c2ccc(N(C)S(=O)(=O)c3ccc(C)cc3)cc2)C1. The summed E-state index contributed by atoms with van der Waals surface area (Å²) in [4.78, 5) is 14.9. The normalized spacial score (nSPS) is 17.2. The number of rotatable bonds is 6. The summed E-state index contributed by atoms with van der Waals surface area (Å²) in [5.74, 6) is -0.0509. The molecule has 1 heterocycles. The van der Waals surface area contributed by atoms with Crippen LogP contribution in [0, 0.1) is 6.92 Å². The van der Waals surface area contributed by atoms with E-state index in [4.69, 9.17) is 4.74 Å². The fraction of sp³-hybridized carbons (Fsp3) is 0.409. The highest BCUT2D eigenvalue weighted by Crippen LogP contribution is 2.24. The molecule has 1 fully saturated rings. The first-order valence-electron chi connectivity index (χ1n) is 9.89. The van der Waals surface area contributed by atoms with E-state index in [0.29, 0.717) is 30.9 Å². The number of piperidine rings is 1. The van der Waals surface area contributed by atoms with Crippen LogP contribution in [-0.2, 0) is 14.8 Å². The fourth-order valence-electron chi connectivity index (χ4n) is 3.50. The zero-order valence-electron chi connectivity index (χ0n) is 17.2. The second-order valence-electron chi connectivity index (χ2n) is 7.30. The number of aryl methyl sites for hydroxylation is 1. The van der Waals surface area contributed by atoms with Crippen LogP contribution in [-0.4, -0.2) is 52.1 Å². The minimum absolute atomic E-state index is 0.0509. The van der Waals surface area contributed by atoms with Crippen LogP contribution in [0.1, 0.15) is 35.7 Å². The summed E-state index contributed by atoms with van der Waals surface area (Å²) in [5.41, 5.74) is 2.05. The van der Waals surface area contributed by atoms with E-state index in [2.05, 4.69) is 0 Å². The molecule has 1 amide bonds. The average molecular weight is 417 g/mol. The Morgan fingerprint density at radius 3 is 2.41 bits per heavy atom. The van der Waals surface area contributed by atoms with Crippen LogP contribution >= 0.6 is 0 Å². The largest absolute Gasteiger partial charge is 0.377 e. The number of carbonyl (C=O) groups is 1. The molecule has 156 valence electrons. The van der Waals surface area contributed by atoms with Crippen LogP contribution in [0.5, 0.6) is 0 Å². The molecule has 1 saturated heterocycles. The molecule has 0 radical (unpaired) electrons. The molecule has 1 atom stereocenters. The summed E-state index contributed by atoms with van der Waals surface area (Å²) >= 11 is 0. The highest BCUT2D eigenvalue weighted by Gasteiger charge is 2.25. The Bertz CT molecular complexity index is 938. The van der Waals surface area contributed by atoms with E-state index in [1.54, 1.807) is 48.5 Å². The summed E-state index contributed by atoms with van der Waals surface area (Å²) in [5, 5.41) is 0. The second kappa shape index (κ2) is 8.97. The summed E-state index contributed by atoms with van der Waals surface area (Å²) in [6, 6.07) is 13.5. The maximum absolute atomic E-state index is 12.8. The van der Waals surface area contributed by atoms with Gasteiger partial charge in [-0.2, -0.15) is 0 Å². The molecule has 0 saturated carbocycles. The lowest BCUT2D eigenvalue weighted by Crippen LogP contribution is -2.43. The smallest absolute Gasteiger partial charge is 0.264 e. The van der Waals surface area contributed by atoms with Crippen molar-refractivity contribution in [3.05, 3.63) is 59.7 Å².